The number of H-pyrrole nitrogens is 1. The third kappa shape index (κ3) is 5.21. The van der Waals surface area contributed by atoms with Crippen LogP contribution in [0.5, 0.6) is 0 Å². The van der Waals surface area contributed by atoms with Gasteiger partial charge in [-0.25, -0.2) is 9.37 Å². The first kappa shape index (κ1) is 19.7. The van der Waals surface area contributed by atoms with Gasteiger partial charge in [-0.1, -0.05) is 18.2 Å². The normalized spacial score (nSPS) is 12.1. The maximum Gasteiger partial charge on any atom is 0.279 e. The molecule has 0 saturated heterocycles. The van der Waals surface area contributed by atoms with Gasteiger partial charge in [0.05, 0.1) is 17.5 Å². The van der Waals surface area contributed by atoms with Crippen molar-refractivity contribution in [1.82, 2.24) is 9.97 Å². The first-order chi connectivity index (χ1) is 13.5. The lowest BCUT2D eigenvalue weighted by atomic mass is 10.2. The maximum atomic E-state index is 13.3. The molecule has 3 N–H and O–H groups in total. The number of methoxy groups -OCH3 is 1. The summed E-state index contributed by atoms with van der Waals surface area (Å²) in [6.45, 7) is 1.46. The molecule has 1 heterocycles. The molecule has 7 nitrogen and oxygen atoms in total. The quantitative estimate of drug-likeness (QED) is 0.534. The SMILES string of the molecule is COCC[NH+](CC(=O)Nc1cccc(F)c1)Cc1nc2ccccc2c(=O)[nH]1. The van der Waals surface area contributed by atoms with Crippen LogP contribution in [0, 0.1) is 5.82 Å². The topological polar surface area (TPSA) is 88.5 Å². The van der Waals surface area contributed by atoms with Gasteiger partial charge in [0.15, 0.2) is 12.4 Å². The molecule has 3 rings (SSSR count). The van der Waals surface area contributed by atoms with Crippen molar-refractivity contribution in [1.29, 1.82) is 0 Å². The van der Waals surface area contributed by atoms with Crippen molar-refractivity contribution in [2.75, 3.05) is 32.1 Å². The van der Waals surface area contributed by atoms with Gasteiger partial charge in [-0.3, -0.25) is 9.59 Å². The zero-order valence-corrected chi connectivity index (χ0v) is 15.5. The summed E-state index contributed by atoms with van der Waals surface area (Å²) in [5.41, 5.74) is 0.792. The molecule has 0 radical (unpaired) electrons. The van der Waals surface area contributed by atoms with E-state index in [0.717, 1.165) is 4.90 Å². The van der Waals surface area contributed by atoms with Gasteiger partial charge in [0.2, 0.25) is 0 Å². The fourth-order valence-electron chi connectivity index (χ4n) is 2.94. The Morgan fingerprint density at radius 2 is 2.07 bits per heavy atom. The number of anilines is 1. The molecule has 1 amide bonds. The molecule has 8 heteroatoms. The lowest BCUT2D eigenvalue weighted by Gasteiger charge is -2.18. The average Bonchev–Trinajstić information content (AvgIpc) is 2.66. The summed E-state index contributed by atoms with van der Waals surface area (Å²) in [6, 6.07) is 12.8. The van der Waals surface area contributed by atoms with Crippen molar-refractivity contribution in [3.63, 3.8) is 0 Å². The van der Waals surface area contributed by atoms with E-state index in [9.17, 15) is 14.0 Å². The van der Waals surface area contributed by atoms with E-state index in [1.807, 2.05) is 6.07 Å². The van der Waals surface area contributed by atoms with Gasteiger partial charge in [-0.05, 0) is 30.3 Å². The molecule has 0 aliphatic heterocycles. The minimum absolute atomic E-state index is 0.121. The van der Waals surface area contributed by atoms with Crippen molar-refractivity contribution in [2.24, 2.45) is 0 Å². The smallest absolute Gasteiger partial charge is 0.279 e. The standard InChI is InChI=1S/C20H21FN4O3/c1-28-10-9-25(13-19(26)22-15-6-4-5-14(21)11-15)12-18-23-17-8-3-2-7-16(17)20(27)24-18/h2-8,11H,9-10,12-13H2,1H3,(H,22,26)(H,23,24,27)/p+1. The van der Waals surface area contributed by atoms with Crippen LogP contribution in [0.1, 0.15) is 5.82 Å². The molecular formula is C20H22FN4O3+. The van der Waals surface area contributed by atoms with Crippen LogP contribution in [-0.4, -0.2) is 42.7 Å². The summed E-state index contributed by atoms with van der Waals surface area (Å²) in [4.78, 5) is 32.7. The first-order valence-corrected chi connectivity index (χ1v) is 8.91. The van der Waals surface area contributed by atoms with Gasteiger partial charge < -0.3 is 19.9 Å². The Bertz CT molecular complexity index is 1020. The molecule has 0 spiro atoms. The molecular weight excluding hydrogens is 363 g/mol. The van der Waals surface area contributed by atoms with E-state index in [4.69, 9.17) is 4.74 Å². The Balaban J connectivity index is 1.73. The molecule has 1 atom stereocenters. The number of amides is 1. The number of nitrogens with zero attached hydrogens (tertiary/aromatic N) is 1. The second-order valence-electron chi connectivity index (χ2n) is 6.43. The van der Waals surface area contributed by atoms with Crippen molar-refractivity contribution in [3.05, 3.63) is 70.5 Å². The summed E-state index contributed by atoms with van der Waals surface area (Å²) in [5, 5.41) is 3.21. The van der Waals surface area contributed by atoms with E-state index in [1.54, 1.807) is 31.4 Å². The second kappa shape index (κ2) is 9.20. The molecule has 28 heavy (non-hydrogen) atoms. The van der Waals surface area contributed by atoms with Gasteiger partial charge >= 0.3 is 0 Å². The van der Waals surface area contributed by atoms with Crippen LogP contribution in [0.25, 0.3) is 10.9 Å². The average molecular weight is 385 g/mol. The Hall–Kier alpha value is -3.10. The minimum Gasteiger partial charge on any atom is -0.379 e. The molecule has 1 unspecified atom stereocenters. The van der Waals surface area contributed by atoms with Crippen molar-refractivity contribution in [2.45, 2.75) is 6.54 Å². The van der Waals surface area contributed by atoms with Crippen LogP contribution in [-0.2, 0) is 16.1 Å². The fourth-order valence-corrected chi connectivity index (χ4v) is 2.94. The number of aromatic amines is 1. The first-order valence-electron chi connectivity index (χ1n) is 8.91. The summed E-state index contributed by atoms with van der Waals surface area (Å²) < 4.78 is 18.4. The van der Waals surface area contributed by atoms with Gasteiger partial charge in [0.1, 0.15) is 18.9 Å². The highest BCUT2D eigenvalue weighted by molar-refractivity contribution is 5.91. The Morgan fingerprint density at radius 1 is 1.25 bits per heavy atom. The Labute approximate surface area is 161 Å². The summed E-state index contributed by atoms with van der Waals surface area (Å²) >= 11 is 0. The number of nitrogens with one attached hydrogen (secondary N) is 3. The van der Waals surface area contributed by atoms with Crippen LogP contribution in [0.2, 0.25) is 0 Å². The van der Waals surface area contributed by atoms with Gasteiger partial charge in [-0.2, -0.15) is 0 Å². The largest absolute Gasteiger partial charge is 0.379 e. The zero-order valence-electron chi connectivity index (χ0n) is 15.5. The fraction of sp³-hybridized carbons (Fsp3) is 0.250. The van der Waals surface area contributed by atoms with Crippen molar-refractivity contribution >= 4 is 22.5 Å². The third-order valence-corrected chi connectivity index (χ3v) is 4.26. The number of quaternary nitrogens is 1. The second-order valence-corrected chi connectivity index (χ2v) is 6.43. The van der Waals surface area contributed by atoms with E-state index in [1.165, 1.54) is 18.2 Å². The summed E-state index contributed by atoms with van der Waals surface area (Å²) in [6.07, 6.45) is 0. The van der Waals surface area contributed by atoms with Gasteiger partial charge in [-0.15, -0.1) is 0 Å². The van der Waals surface area contributed by atoms with Crippen LogP contribution >= 0.6 is 0 Å². The number of halogens is 1. The van der Waals surface area contributed by atoms with E-state index in [-0.39, 0.29) is 18.0 Å². The molecule has 146 valence electrons. The van der Waals surface area contributed by atoms with Gasteiger partial charge in [0.25, 0.3) is 11.5 Å². The summed E-state index contributed by atoms with van der Waals surface area (Å²) in [5.74, 6) is -0.187. The van der Waals surface area contributed by atoms with Crippen molar-refractivity contribution < 1.29 is 18.8 Å². The number of hydrogen-bond acceptors (Lipinski definition) is 4. The number of aromatic nitrogens is 2. The zero-order chi connectivity index (χ0) is 19.9. The van der Waals surface area contributed by atoms with E-state index >= 15 is 0 Å². The molecule has 0 fully saturated rings. The molecule has 0 bridgehead atoms. The Kier molecular flexibility index (Phi) is 6.46. The maximum absolute atomic E-state index is 13.3. The van der Waals surface area contributed by atoms with Crippen molar-refractivity contribution in [3.8, 4) is 0 Å². The molecule has 0 aliphatic carbocycles. The molecule has 0 aliphatic rings. The van der Waals surface area contributed by atoms with Crippen LogP contribution in [0.4, 0.5) is 10.1 Å². The van der Waals surface area contributed by atoms with Crippen LogP contribution < -0.4 is 15.8 Å². The Morgan fingerprint density at radius 3 is 2.86 bits per heavy atom. The number of carbonyl (C=O) groups is 1. The number of ether oxygens (including phenoxy) is 1. The number of rotatable bonds is 8. The number of hydrogen-bond donors (Lipinski definition) is 3. The number of fused-ring (bicyclic) bond motifs is 1. The number of carbonyl (C=O) groups excluding carboxylic acids is 1. The molecule has 2 aromatic carbocycles. The molecule has 3 aromatic rings. The van der Waals surface area contributed by atoms with Crippen LogP contribution in [0.15, 0.2) is 53.3 Å². The molecule has 1 aromatic heterocycles. The van der Waals surface area contributed by atoms with E-state index in [0.29, 0.717) is 42.1 Å². The highest BCUT2D eigenvalue weighted by atomic mass is 19.1. The monoisotopic (exact) mass is 385 g/mol. The summed E-state index contributed by atoms with van der Waals surface area (Å²) in [7, 11) is 1.58. The van der Waals surface area contributed by atoms with Gasteiger partial charge in [0, 0.05) is 12.8 Å². The number of benzene rings is 2. The predicted octanol–water partition coefficient (Wildman–Crippen LogP) is 0.732. The molecule has 0 saturated carbocycles. The lowest BCUT2D eigenvalue weighted by Crippen LogP contribution is -3.12. The number of para-hydroxylation sites is 1. The lowest BCUT2D eigenvalue weighted by molar-refractivity contribution is -0.906. The van der Waals surface area contributed by atoms with E-state index < -0.39 is 5.82 Å². The minimum atomic E-state index is -0.417. The third-order valence-electron chi connectivity index (χ3n) is 4.26. The highest BCUT2D eigenvalue weighted by Gasteiger charge is 2.17. The van der Waals surface area contributed by atoms with Crippen LogP contribution in [0.3, 0.4) is 0 Å². The van der Waals surface area contributed by atoms with E-state index in [2.05, 4.69) is 15.3 Å². The highest BCUT2D eigenvalue weighted by Crippen LogP contribution is 2.08. The predicted molar refractivity (Wildman–Crippen MR) is 104 cm³/mol.